The molecule has 1 aliphatic heterocycles. The molecule has 1 saturated heterocycles. The highest BCUT2D eigenvalue weighted by atomic mass is 35.5. The molecule has 1 N–H and O–H groups in total. The molecule has 3 rings (SSSR count). The summed E-state index contributed by atoms with van der Waals surface area (Å²) in [6.45, 7) is 2.36. The maximum atomic E-state index is 11.4. The SMILES string of the molecule is O=c1[nH]nc2cc(N3CCC(OCCCl)CC3)ncn12. The number of H-pyrrole nitrogens is 1. The van der Waals surface area contributed by atoms with Crippen LogP contribution in [0.1, 0.15) is 12.8 Å². The number of piperidine rings is 1. The number of nitrogens with zero attached hydrogens (tertiary/aromatic N) is 4. The number of ether oxygens (including phenoxy) is 1. The van der Waals surface area contributed by atoms with Gasteiger partial charge < -0.3 is 9.64 Å². The zero-order chi connectivity index (χ0) is 13.9. The normalized spacial score (nSPS) is 16.9. The number of fused-ring (bicyclic) bond motifs is 1. The van der Waals surface area contributed by atoms with Crippen LogP contribution in [0, 0.1) is 0 Å². The van der Waals surface area contributed by atoms with Crippen LogP contribution in [0.5, 0.6) is 0 Å². The summed E-state index contributed by atoms with van der Waals surface area (Å²) in [6, 6.07) is 1.82. The minimum Gasteiger partial charge on any atom is -0.377 e. The molecule has 108 valence electrons. The van der Waals surface area contributed by atoms with E-state index in [-0.39, 0.29) is 11.8 Å². The molecule has 0 spiro atoms. The summed E-state index contributed by atoms with van der Waals surface area (Å²) in [5.74, 6) is 1.37. The third-order valence-corrected chi connectivity index (χ3v) is 3.65. The molecule has 0 aliphatic carbocycles. The molecule has 20 heavy (non-hydrogen) atoms. The molecule has 0 amide bonds. The van der Waals surface area contributed by atoms with Crippen LogP contribution in [-0.2, 0) is 4.74 Å². The van der Waals surface area contributed by atoms with Crippen LogP contribution >= 0.6 is 11.6 Å². The van der Waals surface area contributed by atoms with Crippen molar-refractivity contribution in [2.24, 2.45) is 0 Å². The topological polar surface area (TPSA) is 75.5 Å². The first-order chi connectivity index (χ1) is 9.78. The van der Waals surface area contributed by atoms with Crippen LogP contribution in [0.25, 0.3) is 5.65 Å². The fourth-order valence-corrected chi connectivity index (χ4v) is 2.52. The van der Waals surface area contributed by atoms with E-state index in [0.29, 0.717) is 18.1 Å². The van der Waals surface area contributed by atoms with Crippen LogP contribution in [0.4, 0.5) is 5.82 Å². The average molecular weight is 298 g/mol. The van der Waals surface area contributed by atoms with Gasteiger partial charge in [0.1, 0.15) is 12.1 Å². The van der Waals surface area contributed by atoms with Gasteiger partial charge in [-0.1, -0.05) is 0 Å². The first kappa shape index (κ1) is 13.4. The lowest BCUT2D eigenvalue weighted by Gasteiger charge is -2.32. The highest BCUT2D eigenvalue weighted by molar-refractivity contribution is 6.17. The summed E-state index contributed by atoms with van der Waals surface area (Å²) >= 11 is 5.62. The van der Waals surface area contributed by atoms with Crippen molar-refractivity contribution in [1.82, 2.24) is 19.6 Å². The van der Waals surface area contributed by atoms with E-state index >= 15 is 0 Å². The predicted octanol–water partition coefficient (Wildman–Crippen LogP) is 0.642. The van der Waals surface area contributed by atoms with Gasteiger partial charge in [-0.15, -0.1) is 11.6 Å². The fraction of sp³-hybridized carbons (Fsp3) is 0.583. The van der Waals surface area contributed by atoms with E-state index in [1.165, 1.54) is 10.7 Å². The number of aromatic amines is 1. The summed E-state index contributed by atoms with van der Waals surface area (Å²) in [5.41, 5.74) is 0.313. The van der Waals surface area contributed by atoms with Gasteiger partial charge in [-0.05, 0) is 12.8 Å². The van der Waals surface area contributed by atoms with Crippen molar-refractivity contribution in [3.63, 3.8) is 0 Å². The summed E-state index contributed by atoms with van der Waals surface area (Å²) in [4.78, 5) is 17.9. The van der Waals surface area contributed by atoms with Crippen molar-refractivity contribution in [3.8, 4) is 0 Å². The second-order valence-corrected chi connectivity index (χ2v) is 5.13. The maximum absolute atomic E-state index is 11.4. The second-order valence-electron chi connectivity index (χ2n) is 4.75. The van der Waals surface area contributed by atoms with Crippen molar-refractivity contribution in [2.45, 2.75) is 18.9 Å². The highest BCUT2D eigenvalue weighted by Gasteiger charge is 2.20. The standard InChI is InChI=1S/C12H16ClN5O2/c13-3-6-20-9-1-4-17(5-2-9)10-7-11-15-16-12(19)18(11)8-14-10/h7-9H,1-6H2,(H,16,19). The van der Waals surface area contributed by atoms with E-state index in [1.807, 2.05) is 6.07 Å². The molecule has 0 bridgehead atoms. The molecule has 1 aliphatic rings. The second kappa shape index (κ2) is 5.80. The van der Waals surface area contributed by atoms with Gasteiger partial charge in [-0.25, -0.2) is 19.3 Å². The molecule has 8 heteroatoms. The van der Waals surface area contributed by atoms with E-state index in [9.17, 15) is 4.79 Å². The number of halogens is 1. The molecule has 0 unspecified atom stereocenters. The number of hydrogen-bond donors (Lipinski definition) is 1. The predicted molar refractivity (Wildman–Crippen MR) is 75.5 cm³/mol. The Morgan fingerprint density at radius 2 is 2.25 bits per heavy atom. The van der Waals surface area contributed by atoms with Gasteiger partial charge >= 0.3 is 5.69 Å². The summed E-state index contributed by atoms with van der Waals surface area (Å²) in [6.07, 6.45) is 3.70. The van der Waals surface area contributed by atoms with Gasteiger partial charge in [0.15, 0.2) is 5.65 Å². The van der Waals surface area contributed by atoms with E-state index in [2.05, 4.69) is 20.1 Å². The molecule has 0 atom stereocenters. The third kappa shape index (κ3) is 2.64. The molecule has 3 heterocycles. The zero-order valence-electron chi connectivity index (χ0n) is 11.0. The van der Waals surface area contributed by atoms with Crippen LogP contribution < -0.4 is 10.6 Å². The number of rotatable bonds is 4. The molecule has 0 aromatic carbocycles. The van der Waals surface area contributed by atoms with E-state index in [0.717, 1.165) is 31.7 Å². The smallest absolute Gasteiger partial charge is 0.348 e. The van der Waals surface area contributed by atoms with Crippen molar-refractivity contribution < 1.29 is 4.74 Å². The molecule has 2 aromatic heterocycles. The molecule has 0 saturated carbocycles. The fourth-order valence-electron chi connectivity index (χ4n) is 2.44. The maximum Gasteiger partial charge on any atom is 0.348 e. The first-order valence-corrected chi connectivity index (χ1v) is 7.16. The molecule has 1 fully saturated rings. The number of nitrogens with one attached hydrogen (secondary N) is 1. The highest BCUT2D eigenvalue weighted by Crippen LogP contribution is 2.19. The third-order valence-electron chi connectivity index (χ3n) is 3.49. The molecular formula is C12H16ClN5O2. The largest absolute Gasteiger partial charge is 0.377 e. The van der Waals surface area contributed by atoms with Crippen LogP contribution in [-0.4, -0.2) is 51.3 Å². The lowest BCUT2D eigenvalue weighted by molar-refractivity contribution is 0.0471. The number of anilines is 1. The first-order valence-electron chi connectivity index (χ1n) is 6.63. The van der Waals surface area contributed by atoms with Crippen LogP contribution in [0.3, 0.4) is 0 Å². The molecule has 7 nitrogen and oxygen atoms in total. The van der Waals surface area contributed by atoms with E-state index < -0.39 is 0 Å². The quantitative estimate of drug-likeness (QED) is 0.838. The van der Waals surface area contributed by atoms with Gasteiger partial charge in [0.05, 0.1) is 12.7 Å². The van der Waals surface area contributed by atoms with Gasteiger partial charge in [0.2, 0.25) is 0 Å². The van der Waals surface area contributed by atoms with Gasteiger partial charge in [-0.3, -0.25) is 0 Å². The van der Waals surface area contributed by atoms with Gasteiger partial charge in [0, 0.05) is 25.0 Å². The van der Waals surface area contributed by atoms with Crippen molar-refractivity contribution in [3.05, 3.63) is 22.9 Å². The van der Waals surface area contributed by atoms with Crippen molar-refractivity contribution in [2.75, 3.05) is 30.5 Å². The van der Waals surface area contributed by atoms with Gasteiger partial charge in [-0.2, -0.15) is 5.10 Å². The Morgan fingerprint density at radius 3 is 3.00 bits per heavy atom. The Kier molecular flexibility index (Phi) is 3.88. The lowest BCUT2D eigenvalue weighted by atomic mass is 10.1. The Bertz CT molecular complexity index is 632. The monoisotopic (exact) mass is 297 g/mol. The number of alkyl halides is 1. The number of hydrogen-bond acceptors (Lipinski definition) is 5. The summed E-state index contributed by atoms with van der Waals surface area (Å²) < 4.78 is 7.04. The van der Waals surface area contributed by atoms with Gasteiger partial charge in [0.25, 0.3) is 0 Å². The minimum absolute atomic E-state index is 0.271. The lowest BCUT2D eigenvalue weighted by Crippen LogP contribution is -2.37. The molecule has 0 radical (unpaired) electrons. The molecular weight excluding hydrogens is 282 g/mol. The molecule has 2 aromatic rings. The van der Waals surface area contributed by atoms with E-state index in [4.69, 9.17) is 16.3 Å². The Balaban J connectivity index is 1.68. The summed E-state index contributed by atoms with van der Waals surface area (Å²) in [7, 11) is 0. The Morgan fingerprint density at radius 1 is 1.45 bits per heavy atom. The average Bonchev–Trinajstić information content (AvgIpc) is 2.86. The van der Waals surface area contributed by atoms with Crippen molar-refractivity contribution in [1.29, 1.82) is 0 Å². The number of aromatic nitrogens is 4. The van der Waals surface area contributed by atoms with Crippen LogP contribution in [0.2, 0.25) is 0 Å². The minimum atomic E-state index is -0.271. The van der Waals surface area contributed by atoms with E-state index in [1.54, 1.807) is 0 Å². The van der Waals surface area contributed by atoms with Crippen LogP contribution in [0.15, 0.2) is 17.2 Å². The Labute approximate surface area is 120 Å². The summed E-state index contributed by atoms with van der Waals surface area (Å²) in [5, 5.41) is 6.35. The Hall–Kier alpha value is -1.60. The van der Waals surface area contributed by atoms with Crippen molar-refractivity contribution >= 4 is 23.1 Å². The zero-order valence-corrected chi connectivity index (χ0v) is 11.7.